The Kier molecular flexibility index (Phi) is 5.71. The van der Waals surface area contributed by atoms with Crippen molar-refractivity contribution in [2.24, 2.45) is 0 Å². The Bertz CT molecular complexity index is 1330. The van der Waals surface area contributed by atoms with Gasteiger partial charge in [-0.3, -0.25) is 0 Å². The molecule has 5 rings (SSSR count). The summed E-state index contributed by atoms with van der Waals surface area (Å²) in [6.45, 7) is 0.528. The molecule has 10 heteroatoms. The summed E-state index contributed by atoms with van der Waals surface area (Å²) in [5.41, 5.74) is 8.90. The highest BCUT2D eigenvalue weighted by atomic mass is 79.9. The van der Waals surface area contributed by atoms with Gasteiger partial charge in [0.25, 0.3) is 6.29 Å². The van der Waals surface area contributed by atoms with Crippen LogP contribution in [0, 0.1) is 5.82 Å². The number of benzene rings is 2. The number of thioether (sulfide) groups is 1. The quantitative estimate of drug-likeness (QED) is 0.379. The van der Waals surface area contributed by atoms with Gasteiger partial charge in [0.15, 0.2) is 22.1 Å². The molecule has 162 valence electrons. The third kappa shape index (κ3) is 4.15. The maximum atomic E-state index is 13.6. The van der Waals surface area contributed by atoms with Gasteiger partial charge in [0.1, 0.15) is 18.4 Å². The Balaban J connectivity index is 1.40. The van der Waals surface area contributed by atoms with Crippen molar-refractivity contribution in [1.29, 1.82) is 0 Å². The van der Waals surface area contributed by atoms with E-state index in [1.165, 1.54) is 30.2 Å². The number of aromatic nitrogens is 4. The fraction of sp³-hybridized carbons (Fsp3) is 0.136. The Morgan fingerprint density at radius 3 is 2.88 bits per heavy atom. The number of aryl methyl sites for hydroxylation is 2. The highest BCUT2D eigenvalue weighted by Crippen LogP contribution is 2.40. The summed E-state index contributed by atoms with van der Waals surface area (Å²) in [7, 11) is 0. The van der Waals surface area contributed by atoms with E-state index in [1.807, 2.05) is 34.9 Å². The van der Waals surface area contributed by atoms with E-state index >= 15 is 0 Å². The number of nitrogens with zero attached hydrogens (tertiary/aromatic N) is 4. The van der Waals surface area contributed by atoms with E-state index in [1.54, 1.807) is 12.3 Å². The van der Waals surface area contributed by atoms with Crippen molar-refractivity contribution in [3.8, 4) is 0 Å². The molecule has 3 heterocycles. The van der Waals surface area contributed by atoms with Crippen LogP contribution in [0.3, 0.4) is 0 Å². The molecule has 1 aliphatic rings. The fourth-order valence-corrected chi connectivity index (χ4v) is 4.68. The van der Waals surface area contributed by atoms with Gasteiger partial charge in [-0.2, -0.15) is 0 Å². The summed E-state index contributed by atoms with van der Waals surface area (Å²) in [6.07, 6.45) is 3.02. The molecule has 0 spiro atoms. The highest BCUT2D eigenvalue weighted by molar-refractivity contribution is 9.10. The number of ether oxygens (including phenoxy) is 2. The normalized spacial score (nSPS) is 15.4. The standard InChI is InChI=1S/C22H17BrFN5O2S/c23-16-7-2-1-6-15(16)21-30-11-17(31-21)32-22-28-18-19(25)26-12-27-20(18)29(22)9-8-13-4-3-5-14(24)10-13/h1-7,10-12,21H,8-9H2,(H2,25,26,27). The van der Waals surface area contributed by atoms with Crippen LogP contribution < -0.4 is 5.73 Å². The van der Waals surface area contributed by atoms with Gasteiger partial charge in [-0.05, 0) is 41.9 Å². The SMILES string of the molecule is Nc1ncnc2c1nc(SC1=COC(c3ccccc3Br)O1)n2CCc1cccc(F)c1. The molecule has 0 aliphatic carbocycles. The maximum absolute atomic E-state index is 13.6. The predicted molar refractivity (Wildman–Crippen MR) is 123 cm³/mol. The third-order valence-electron chi connectivity index (χ3n) is 4.90. The Labute approximate surface area is 195 Å². The van der Waals surface area contributed by atoms with E-state index in [9.17, 15) is 4.39 Å². The molecule has 1 unspecified atom stereocenters. The molecule has 2 aromatic heterocycles. The van der Waals surface area contributed by atoms with E-state index in [4.69, 9.17) is 15.2 Å². The first-order valence-corrected chi connectivity index (χ1v) is 11.3. The molecule has 0 radical (unpaired) electrons. The lowest BCUT2D eigenvalue weighted by atomic mass is 10.1. The van der Waals surface area contributed by atoms with Gasteiger partial charge in [-0.15, -0.1) is 0 Å². The number of anilines is 1. The van der Waals surface area contributed by atoms with Crippen molar-refractivity contribution in [3.05, 3.63) is 87.6 Å². The van der Waals surface area contributed by atoms with Crippen molar-refractivity contribution in [2.75, 3.05) is 5.73 Å². The van der Waals surface area contributed by atoms with Crippen molar-refractivity contribution >= 4 is 44.7 Å². The summed E-state index contributed by atoms with van der Waals surface area (Å²) in [6, 6.07) is 14.2. The van der Waals surface area contributed by atoms with Crippen molar-refractivity contribution in [1.82, 2.24) is 19.5 Å². The van der Waals surface area contributed by atoms with Gasteiger partial charge in [0, 0.05) is 16.6 Å². The van der Waals surface area contributed by atoms with E-state index in [2.05, 4.69) is 30.9 Å². The van der Waals surface area contributed by atoms with Crippen LogP contribution in [0.5, 0.6) is 0 Å². The first-order chi connectivity index (χ1) is 15.6. The van der Waals surface area contributed by atoms with Crippen LogP contribution in [0.15, 0.2) is 75.8 Å². The molecule has 0 fully saturated rings. The lowest BCUT2D eigenvalue weighted by molar-refractivity contribution is -0.0278. The number of imidazole rings is 1. The van der Waals surface area contributed by atoms with Crippen LogP contribution in [-0.2, 0) is 22.4 Å². The van der Waals surface area contributed by atoms with E-state index < -0.39 is 6.29 Å². The van der Waals surface area contributed by atoms with Crippen molar-refractivity contribution in [2.45, 2.75) is 24.4 Å². The highest BCUT2D eigenvalue weighted by Gasteiger charge is 2.26. The Morgan fingerprint density at radius 1 is 1.16 bits per heavy atom. The molecule has 0 amide bonds. The minimum absolute atomic E-state index is 0.265. The first-order valence-electron chi connectivity index (χ1n) is 9.74. The Hall–Kier alpha value is -3.11. The molecule has 1 atom stereocenters. The van der Waals surface area contributed by atoms with Crippen LogP contribution in [0.25, 0.3) is 11.2 Å². The second-order valence-electron chi connectivity index (χ2n) is 7.00. The number of nitrogens with two attached hydrogens (primary N) is 1. The zero-order valence-electron chi connectivity index (χ0n) is 16.6. The van der Waals surface area contributed by atoms with Gasteiger partial charge in [0.05, 0.1) is 0 Å². The largest absolute Gasteiger partial charge is 0.454 e. The maximum Gasteiger partial charge on any atom is 0.268 e. The summed E-state index contributed by atoms with van der Waals surface area (Å²) in [5, 5.41) is 1.19. The molecule has 4 aromatic rings. The van der Waals surface area contributed by atoms with Gasteiger partial charge >= 0.3 is 0 Å². The zero-order valence-corrected chi connectivity index (χ0v) is 19.0. The second kappa shape index (κ2) is 8.79. The minimum Gasteiger partial charge on any atom is -0.454 e. The topological polar surface area (TPSA) is 88.1 Å². The van der Waals surface area contributed by atoms with Crippen molar-refractivity contribution < 1.29 is 13.9 Å². The summed E-state index contributed by atoms with van der Waals surface area (Å²) >= 11 is 4.83. The average Bonchev–Trinajstić information content (AvgIpc) is 3.38. The van der Waals surface area contributed by atoms with Gasteiger partial charge in [-0.25, -0.2) is 19.3 Å². The van der Waals surface area contributed by atoms with E-state index in [-0.39, 0.29) is 5.82 Å². The molecule has 2 N–H and O–H groups in total. The molecule has 0 saturated carbocycles. The first kappa shape index (κ1) is 20.8. The Morgan fingerprint density at radius 2 is 2.03 bits per heavy atom. The predicted octanol–water partition coefficient (Wildman–Crippen LogP) is 5.19. The zero-order chi connectivity index (χ0) is 22.1. The molecule has 0 bridgehead atoms. The number of nitrogen functional groups attached to an aromatic ring is 1. The number of rotatable bonds is 6. The number of fused-ring (bicyclic) bond motifs is 1. The monoisotopic (exact) mass is 513 g/mol. The molecule has 7 nitrogen and oxygen atoms in total. The summed E-state index contributed by atoms with van der Waals surface area (Å²) < 4.78 is 28.1. The van der Waals surface area contributed by atoms with Crippen LogP contribution in [0.1, 0.15) is 17.4 Å². The van der Waals surface area contributed by atoms with Gasteiger partial charge in [0.2, 0.25) is 5.09 Å². The van der Waals surface area contributed by atoms with Gasteiger partial charge in [-0.1, -0.05) is 46.3 Å². The smallest absolute Gasteiger partial charge is 0.268 e. The summed E-state index contributed by atoms with van der Waals surface area (Å²) in [5.74, 6) is 0.0314. The minimum atomic E-state index is -0.553. The molecule has 0 saturated heterocycles. The molecular formula is C22H17BrFN5O2S. The number of hydrogen-bond donors (Lipinski definition) is 1. The molecule has 1 aliphatic heterocycles. The lowest BCUT2D eigenvalue weighted by Gasteiger charge is -2.13. The summed E-state index contributed by atoms with van der Waals surface area (Å²) in [4.78, 5) is 13.0. The van der Waals surface area contributed by atoms with E-state index in [0.717, 1.165) is 15.6 Å². The third-order valence-corrected chi connectivity index (χ3v) is 6.51. The molecule has 32 heavy (non-hydrogen) atoms. The number of hydrogen-bond acceptors (Lipinski definition) is 7. The van der Waals surface area contributed by atoms with Crippen LogP contribution in [0.2, 0.25) is 0 Å². The fourth-order valence-electron chi connectivity index (χ4n) is 3.37. The van der Waals surface area contributed by atoms with Crippen molar-refractivity contribution in [3.63, 3.8) is 0 Å². The average molecular weight is 514 g/mol. The number of halogens is 2. The lowest BCUT2D eigenvalue weighted by Crippen LogP contribution is -2.05. The van der Waals surface area contributed by atoms with Gasteiger partial charge < -0.3 is 19.8 Å². The van der Waals surface area contributed by atoms with Crippen LogP contribution >= 0.6 is 27.7 Å². The van der Waals surface area contributed by atoms with Crippen LogP contribution in [0.4, 0.5) is 10.2 Å². The van der Waals surface area contributed by atoms with Crippen LogP contribution in [-0.4, -0.2) is 19.5 Å². The molecular weight excluding hydrogens is 497 g/mol. The molecule has 2 aromatic carbocycles. The second-order valence-corrected chi connectivity index (χ2v) is 8.83. The van der Waals surface area contributed by atoms with E-state index in [0.29, 0.717) is 40.2 Å².